The number of nitrogens with one attached hydrogen (secondary N) is 3. The summed E-state index contributed by atoms with van der Waals surface area (Å²) in [4.78, 5) is 36.3. The lowest BCUT2D eigenvalue weighted by molar-refractivity contribution is -0.136. The number of ether oxygens (including phenoxy) is 4. The van der Waals surface area contributed by atoms with E-state index in [-0.39, 0.29) is 12.2 Å². The molecule has 2 atom stereocenters. The molecule has 0 bridgehead atoms. The maximum atomic E-state index is 12.4. The minimum Gasteiger partial charge on any atom is -0.490 e. The molecule has 0 saturated heterocycles. The highest BCUT2D eigenvalue weighted by molar-refractivity contribution is 5.95. The molecule has 2 amide bonds. The van der Waals surface area contributed by atoms with Crippen LogP contribution in [0.2, 0.25) is 0 Å². The van der Waals surface area contributed by atoms with Crippen LogP contribution < -0.4 is 25.5 Å². The van der Waals surface area contributed by atoms with Crippen molar-refractivity contribution < 1.29 is 42.9 Å². The van der Waals surface area contributed by atoms with E-state index < -0.39 is 30.2 Å². The van der Waals surface area contributed by atoms with Crippen molar-refractivity contribution in [1.82, 2.24) is 16.1 Å². The summed E-state index contributed by atoms with van der Waals surface area (Å²) >= 11 is 0. The van der Waals surface area contributed by atoms with Gasteiger partial charge >= 0.3 is 18.0 Å². The fourth-order valence-electron chi connectivity index (χ4n) is 4.30. The first-order valence-electron chi connectivity index (χ1n) is 13.2. The molecular formula is C30H32N4O9. The third-order valence-corrected chi connectivity index (χ3v) is 6.28. The van der Waals surface area contributed by atoms with Crippen molar-refractivity contribution in [3.05, 3.63) is 82.8 Å². The Hall–Kier alpha value is -5.30. The summed E-state index contributed by atoms with van der Waals surface area (Å²) in [7, 11) is 2.58. The lowest BCUT2D eigenvalue weighted by atomic mass is 9.95. The molecule has 2 aromatic carbocycles. The van der Waals surface area contributed by atoms with Crippen molar-refractivity contribution in [2.24, 2.45) is 5.10 Å². The number of esters is 2. The number of aliphatic hydroxyl groups excluding tert-OH is 1. The molecule has 0 fully saturated rings. The zero-order chi connectivity index (χ0) is 30.9. The Morgan fingerprint density at radius 3 is 2.60 bits per heavy atom. The molecular weight excluding hydrogens is 560 g/mol. The molecule has 0 saturated carbocycles. The highest BCUT2D eigenvalue weighted by Gasteiger charge is 2.32. The van der Waals surface area contributed by atoms with Crippen LogP contribution in [-0.4, -0.2) is 63.0 Å². The van der Waals surface area contributed by atoms with E-state index in [4.69, 9.17) is 23.4 Å². The predicted octanol–water partition coefficient (Wildman–Crippen LogP) is 3.25. The van der Waals surface area contributed by atoms with Crippen molar-refractivity contribution in [2.75, 3.05) is 27.4 Å². The van der Waals surface area contributed by atoms with Gasteiger partial charge in [0.15, 0.2) is 17.7 Å². The fraction of sp³-hybridized carbons (Fsp3) is 0.267. The molecule has 1 aromatic heterocycles. The Kier molecular flexibility index (Phi) is 10.0. The fourth-order valence-corrected chi connectivity index (χ4v) is 4.30. The molecule has 0 aliphatic carbocycles. The van der Waals surface area contributed by atoms with Gasteiger partial charge in [0.25, 0.3) is 0 Å². The Balaban J connectivity index is 1.38. The van der Waals surface area contributed by atoms with Crippen molar-refractivity contribution in [3.8, 4) is 22.8 Å². The second-order valence-corrected chi connectivity index (χ2v) is 9.19. The quantitative estimate of drug-likeness (QED) is 0.106. The summed E-state index contributed by atoms with van der Waals surface area (Å²) in [6, 6.07) is 14.0. The summed E-state index contributed by atoms with van der Waals surface area (Å²) in [6.45, 7) is 3.55. The van der Waals surface area contributed by atoms with E-state index in [9.17, 15) is 19.5 Å². The van der Waals surface area contributed by atoms with E-state index in [1.807, 2.05) is 0 Å². The van der Waals surface area contributed by atoms with Crippen LogP contribution >= 0.6 is 0 Å². The van der Waals surface area contributed by atoms with Gasteiger partial charge < -0.3 is 39.1 Å². The van der Waals surface area contributed by atoms with Gasteiger partial charge in [-0.1, -0.05) is 18.2 Å². The van der Waals surface area contributed by atoms with Gasteiger partial charge in [-0.2, -0.15) is 5.10 Å². The van der Waals surface area contributed by atoms with Gasteiger partial charge in [0.1, 0.15) is 18.1 Å². The minimum atomic E-state index is -1.18. The number of methoxy groups -OCH3 is 2. The monoisotopic (exact) mass is 592 g/mol. The number of aliphatic hydroxyl groups is 1. The Labute approximate surface area is 247 Å². The average molecular weight is 593 g/mol. The molecule has 0 spiro atoms. The van der Waals surface area contributed by atoms with Gasteiger partial charge in [-0.15, -0.1) is 0 Å². The van der Waals surface area contributed by atoms with Crippen molar-refractivity contribution in [2.45, 2.75) is 26.1 Å². The van der Waals surface area contributed by atoms with Gasteiger partial charge in [-0.3, -0.25) is 5.43 Å². The standard InChI is InChI=1S/C30H32N4O9/c1-5-41-24-14-19(27-26(29(37)40-4)17(2)32-30(38)33-27)9-11-23(24)42-16-25(35)34-31-15-21-10-12-22(43-21)18-7-6-8-20(13-18)28(36)39-3/h6-15,25,27,34-35H,5,16H2,1-4H3,(H2,32,33,38)/b31-15+/t25-,27+/m1/s1. The summed E-state index contributed by atoms with van der Waals surface area (Å²) in [5.41, 5.74) is 4.86. The van der Waals surface area contributed by atoms with E-state index >= 15 is 0 Å². The minimum absolute atomic E-state index is 0.184. The molecule has 13 heteroatoms. The molecule has 0 radical (unpaired) electrons. The number of urea groups is 1. The predicted molar refractivity (Wildman–Crippen MR) is 154 cm³/mol. The highest BCUT2D eigenvalue weighted by atomic mass is 16.5. The normalized spacial score (nSPS) is 15.4. The zero-order valence-electron chi connectivity index (χ0n) is 24.0. The number of furan rings is 1. The first kappa shape index (κ1) is 30.7. The lowest BCUT2D eigenvalue weighted by Crippen LogP contribution is -2.45. The largest absolute Gasteiger partial charge is 0.490 e. The van der Waals surface area contributed by atoms with Gasteiger partial charge in [-0.05, 0) is 55.8 Å². The van der Waals surface area contributed by atoms with E-state index in [2.05, 4.69) is 21.2 Å². The third kappa shape index (κ3) is 7.51. The van der Waals surface area contributed by atoms with E-state index in [1.54, 1.807) is 68.4 Å². The molecule has 0 unspecified atom stereocenters. The molecule has 43 heavy (non-hydrogen) atoms. The Morgan fingerprint density at radius 1 is 1.07 bits per heavy atom. The average Bonchev–Trinajstić information content (AvgIpc) is 3.48. The van der Waals surface area contributed by atoms with Crippen molar-refractivity contribution in [1.29, 1.82) is 0 Å². The van der Waals surface area contributed by atoms with Crippen molar-refractivity contribution in [3.63, 3.8) is 0 Å². The van der Waals surface area contributed by atoms with Crippen LogP contribution in [0.4, 0.5) is 4.79 Å². The Morgan fingerprint density at radius 2 is 1.86 bits per heavy atom. The van der Waals surface area contributed by atoms with Crippen LogP contribution in [0, 0.1) is 0 Å². The number of carbonyl (C=O) groups is 3. The molecule has 4 rings (SSSR count). The maximum absolute atomic E-state index is 12.4. The van der Waals surface area contributed by atoms with Crippen molar-refractivity contribution >= 4 is 24.2 Å². The molecule has 3 aromatic rings. The smallest absolute Gasteiger partial charge is 0.337 e. The maximum Gasteiger partial charge on any atom is 0.337 e. The SMILES string of the molecule is CCOc1cc([C@@H]2NC(=O)NC(C)=C2C(=O)OC)ccc1OC[C@@H](O)N/N=C/c1ccc(-c2cccc(C(=O)OC)c2)o1. The molecule has 1 aliphatic rings. The third-order valence-electron chi connectivity index (χ3n) is 6.28. The lowest BCUT2D eigenvalue weighted by Gasteiger charge is -2.28. The summed E-state index contributed by atoms with van der Waals surface area (Å²) in [6.07, 6.45) is 0.204. The second kappa shape index (κ2) is 14.0. The first-order chi connectivity index (χ1) is 20.7. The number of hydrazone groups is 1. The molecule has 2 heterocycles. The van der Waals surface area contributed by atoms with E-state index in [0.29, 0.717) is 52.0 Å². The number of hydrogen-bond acceptors (Lipinski definition) is 11. The van der Waals surface area contributed by atoms with Gasteiger partial charge in [0.05, 0.1) is 44.2 Å². The molecule has 13 nitrogen and oxygen atoms in total. The highest BCUT2D eigenvalue weighted by Crippen LogP contribution is 2.35. The number of hydrogen-bond donors (Lipinski definition) is 4. The number of benzene rings is 2. The topological polar surface area (TPSA) is 170 Å². The summed E-state index contributed by atoms with van der Waals surface area (Å²) in [5.74, 6) is 0.590. The number of carbonyl (C=O) groups excluding carboxylic acids is 3. The van der Waals surface area contributed by atoms with Crippen LogP contribution in [0.5, 0.6) is 11.5 Å². The first-order valence-corrected chi connectivity index (χ1v) is 13.2. The van der Waals surface area contributed by atoms with E-state index in [0.717, 1.165) is 0 Å². The van der Waals surface area contributed by atoms with Crippen LogP contribution in [0.15, 0.2) is 75.4 Å². The van der Waals surface area contributed by atoms with Crippen LogP contribution in [0.25, 0.3) is 11.3 Å². The van der Waals surface area contributed by atoms with Gasteiger partial charge in [-0.25, -0.2) is 14.4 Å². The zero-order valence-corrected chi connectivity index (χ0v) is 24.0. The van der Waals surface area contributed by atoms with Gasteiger partial charge in [0, 0.05) is 11.3 Å². The van der Waals surface area contributed by atoms with Gasteiger partial charge in [0.2, 0.25) is 0 Å². The summed E-state index contributed by atoms with van der Waals surface area (Å²) < 4.78 is 26.9. The molecule has 226 valence electrons. The molecule has 4 N–H and O–H groups in total. The number of allylic oxidation sites excluding steroid dienone is 1. The van der Waals surface area contributed by atoms with Crippen LogP contribution in [0.1, 0.15) is 41.6 Å². The number of nitrogens with zero attached hydrogens (tertiary/aromatic N) is 1. The van der Waals surface area contributed by atoms with Crippen LogP contribution in [0.3, 0.4) is 0 Å². The molecule has 1 aliphatic heterocycles. The number of amides is 2. The Bertz CT molecular complexity index is 1550. The van der Waals surface area contributed by atoms with E-state index in [1.165, 1.54) is 20.4 Å². The van der Waals surface area contributed by atoms with Crippen LogP contribution in [-0.2, 0) is 14.3 Å². The summed E-state index contributed by atoms with van der Waals surface area (Å²) in [5, 5.41) is 19.7. The number of rotatable bonds is 12. The second-order valence-electron chi connectivity index (χ2n) is 9.19.